The third-order valence-corrected chi connectivity index (χ3v) is 5.46. The molecule has 0 aliphatic heterocycles. The molecule has 2 N–H and O–H groups in total. The van der Waals surface area contributed by atoms with Crippen LogP contribution in [0.3, 0.4) is 0 Å². The van der Waals surface area contributed by atoms with Crippen molar-refractivity contribution in [2.24, 2.45) is 0 Å². The highest BCUT2D eigenvalue weighted by atomic mass is 32.2. The highest BCUT2D eigenvalue weighted by molar-refractivity contribution is 7.92. The molecule has 0 fully saturated rings. The van der Waals surface area contributed by atoms with E-state index >= 15 is 0 Å². The van der Waals surface area contributed by atoms with E-state index in [9.17, 15) is 8.42 Å². The summed E-state index contributed by atoms with van der Waals surface area (Å²) in [5.74, 6) is 1.44. The van der Waals surface area contributed by atoms with Crippen molar-refractivity contribution in [3.05, 3.63) is 11.9 Å². The highest BCUT2D eigenvalue weighted by Gasteiger charge is 2.30. The van der Waals surface area contributed by atoms with Gasteiger partial charge in [0.2, 0.25) is 0 Å². The first-order valence-electron chi connectivity index (χ1n) is 6.68. The zero-order valence-corrected chi connectivity index (χ0v) is 13.6. The molecule has 0 saturated heterocycles. The highest BCUT2D eigenvalue weighted by Crippen LogP contribution is 2.21. The molecule has 0 unspecified atom stereocenters. The quantitative estimate of drug-likeness (QED) is 0.799. The second-order valence-corrected chi connectivity index (χ2v) is 8.16. The van der Waals surface area contributed by atoms with Gasteiger partial charge in [-0.05, 0) is 27.2 Å². The number of anilines is 2. The monoisotopic (exact) mass is 300 g/mol. The van der Waals surface area contributed by atoms with Gasteiger partial charge in [-0.15, -0.1) is 0 Å². The van der Waals surface area contributed by atoms with Crippen LogP contribution in [-0.2, 0) is 9.84 Å². The van der Waals surface area contributed by atoms with Gasteiger partial charge in [-0.25, -0.2) is 18.4 Å². The van der Waals surface area contributed by atoms with Gasteiger partial charge in [0, 0.05) is 24.9 Å². The van der Waals surface area contributed by atoms with E-state index in [1.54, 1.807) is 13.8 Å². The molecule has 1 aromatic heterocycles. The van der Waals surface area contributed by atoms with E-state index in [4.69, 9.17) is 0 Å². The summed E-state index contributed by atoms with van der Waals surface area (Å²) in [6.07, 6.45) is 3.73. The van der Waals surface area contributed by atoms with Crippen LogP contribution in [0.1, 0.15) is 32.8 Å². The summed E-state index contributed by atoms with van der Waals surface area (Å²) in [7, 11) is -3.13. The standard InChI is InChI=1S/C13H24N4O2S/c1-6-7-14-11-10(2)12(17-9-16-11)15-8-13(3,4)20(5,18)19/h9H,6-8H2,1-5H3,(H2,14,15,16,17). The number of nitrogens with zero attached hydrogens (tertiary/aromatic N) is 2. The SMILES string of the molecule is CCCNc1ncnc(NCC(C)(C)S(C)(=O)=O)c1C. The van der Waals surface area contributed by atoms with Crippen LogP contribution in [0.15, 0.2) is 6.33 Å². The number of hydrogen-bond donors (Lipinski definition) is 2. The smallest absolute Gasteiger partial charge is 0.154 e. The first-order valence-corrected chi connectivity index (χ1v) is 8.57. The third kappa shape index (κ3) is 4.06. The van der Waals surface area contributed by atoms with Gasteiger partial charge >= 0.3 is 0 Å². The van der Waals surface area contributed by atoms with Crippen molar-refractivity contribution in [3.63, 3.8) is 0 Å². The summed E-state index contributed by atoms with van der Waals surface area (Å²) in [6, 6.07) is 0. The van der Waals surface area contributed by atoms with Crippen molar-refractivity contribution in [2.45, 2.75) is 38.9 Å². The fourth-order valence-corrected chi connectivity index (χ4v) is 1.81. The molecule has 0 bridgehead atoms. The van der Waals surface area contributed by atoms with E-state index < -0.39 is 14.6 Å². The summed E-state index contributed by atoms with van der Waals surface area (Å²) in [6.45, 7) is 8.53. The van der Waals surface area contributed by atoms with Crippen molar-refractivity contribution >= 4 is 21.5 Å². The van der Waals surface area contributed by atoms with Crippen LogP contribution in [0.4, 0.5) is 11.6 Å². The van der Waals surface area contributed by atoms with E-state index in [2.05, 4.69) is 27.5 Å². The maximum Gasteiger partial charge on any atom is 0.154 e. The Labute approximate surface area is 121 Å². The lowest BCUT2D eigenvalue weighted by Gasteiger charge is -2.23. The van der Waals surface area contributed by atoms with Crippen molar-refractivity contribution < 1.29 is 8.42 Å². The van der Waals surface area contributed by atoms with Gasteiger partial charge in [0.25, 0.3) is 0 Å². The Morgan fingerprint density at radius 3 is 2.25 bits per heavy atom. The number of hydrogen-bond acceptors (Lipinski definition) is 6. The second kappa shape index (κ2) is 6.39. The Bertz CT molecular complexity index is 555. The minimum absolute atomic E-state index is 0.302. The van der Waals surface area contributed by atoms with Gasteiger partial charge < -0.3 is 10.6 Å². The summed E-state index contributed by atoms with van der Waals surface area (Å²) < 4.78 is 22.5. The molecule has 114 valence electrons. The molecule has 0 atom stereocenters. The lowest BCUT2D eigenvalue weighted by atomic mass is 10.2. The fourth-order valence-electron chi connectivity index (χ4n) is 1.48. The molecule has 0 aromatic carbocycles. The van der Waals surface area contributed by atoms with Gasteiger partial charge in [-0.3, -0.25) is 0 Å². The molecule has 1 aromatic rings. The van der Waals surface area contributed by atoms with Crippen LogP contribution >= 0.6 is 0 Å². The molecule has 0 amide bonds. The van der Waals surface area contributed by atoms with Gasteiger partial charge in [-0.1, -0.05) is 6.92 Å². The minimum atomic E-state index is -3.13. The van der Waals surface area contributed by atoms with Crippen LogP contribution in [0.25, 0.3) is 0 Å². The molecular formula is C13H24N4O2S. The molecule has 0 radical (unpaired) electrons. The minimum Gasteiger partial charge on any atom is -0.370 e. The maximum atomic E-state index is 11.7. The molecule has 0 aliphatic rings. The number of sulfone groups is 1. The molecule has 1 rings (SSSR count). The second-order valence-electron chi connectivity index (χ2n) is 5.51. The number of nitrogens with one attached hydrogen (secondary N) is 2. The zero-order valence-electron chi connectivity index (χ0n) is 12.8. The molecule has 7 heteroatoms. The van der Waals surface area contributed by atoms with Crippen LogP contribution in [0.2, 0.25) is 0 Å². The Kier molecular flexibility index (Phi) is 5.33. The zero-order chi connectivity index (χ0) is 15.4. The summed E-state index contributed by atoms with van der Waals surface area (Å²) in [5.41, 5.74) is 0.894. The van der Waals surface area contributed by atoms with E-state index in [1.165, 1.54) is 12.6 Å². The van der Waals surface area contributed by atoms with Crippen LogP contribution in [-0.4, -0.2) is 42.5 Å². The molecule has 20 heavy (non-hydrogen) atoms. The Morgan fingerprint density at radius 2 is 1.75 bits per heavy atom. The maximum absolute atomic E-state index is 11.7. The summed E-state index contributed by atoms with van der Waals surface area (Å²) in [5, 5.41) is 6.33. The third-order valence-electron chi connectivity index (χ3n) is 3.31. The first kappa shape index (κ1) is 16.7. The molecule has 0 saturated carbocycles. The van der Waals surface area contributed by atoms with Gasteiger partial charge in [-0.2, -0.15) is 0 Å². The predicted molar refractivity (Wildman–Crippen MR) is 83.0 cm³/mol. The van der Waals surface area contributed by atoms with E-state index in [0.717, 1.165) is 24.3 Å². The number of aromatic nitrogens is 2. The topological polar surface area (TPSA) is 84.0 Å². The Balaban J connectivity index is 2.84. The summed E-state index contributed by atoms with van der Waals surface area (Å²) in [4.78, 5) is 8.36. The predicted octanol–water partition coefficient (Wildman–Crippen LogP) is 1.84. The molecule has 1 heterocycles. The van der Waals surface area contributed by atoms with Gasteiger partial charge in [0.1, 0.15) is 18.0 Å². The molecular weight excluding hydrogens is 276 g/mol. The van der Waals surface area contributed by atoms with E-state index in [1.807, 2.05) is 6.92 Å². The normalized spacial score (nSPS) is 12.2. The number of rotatable bonds is 7. The van der Waals surface area contributed by atoms with E-state index in [-0.39, 0.29) is 0 Å². The van der Waals surface area contributed by atoms with Gasteiger partial charge in [0.15, 0.2) is 9.84 Å². The van der Waals surface area contributed by atoms with Crippen molar-refractivity contribution in [3.8, 4) is 0 Å². The van der Waals surface area contributed by atoms with Crippen molar-refractivity contribution in [1.29, 1.82) is 0 Å². The van der Waals surface area contributed by atoms with Crippen LogP contribution in [0, 0.1) is 6.92 Å². The Morgan fingerprint density at radius 1 is 1.20 bits per heavy atom. The Hall–Kier alpha value is -1.37. The molecule has 0 spiro atoms. The summed E-state index contributed by atoms with van der Waals surface area (Å²) >= 11 is 0. The lowest BCUT2D eigenvalue weighted by molar-refractivity contribution is 0.559. The average molecular weight is 300 g/mol. The fraction of sp³-hybridized carbons (Fsp3) is 0.692. The average Bonchev–Trinajstić information content (AvgIpc) is 2.35. The van der Waals surface area contributed by atoms with E-state index in [0.29, 0.717) is 12.4 Å². The van der Waals surface area contributed by atoms with Crippen molar-refractivity contribution in [1.82, 2.24) is 9.97 Å². The van der Waals surface area contributed by atoms with Gasteiger partial charge in [0.05, 0.1) is 4.75 Å². The first-order chi connectivity index (χ1) is 9.19. The lowest BCUT2D eigenvalue weighted by Crippen LogP contribution is -2.38. The largest absolute Gasteiger partial charge is 0.370 e. The van der Waals surface area contributed by atoms with Crippen LogP contribution in [0.5, 0.6) is 0 Å². The molecule has 6 nitrogen and oxygen atoms in total. The molecule has 0 aliphatic carbocycles. The van der Waals surface area contributed by atoms with Crippen molar-refractivity contribution in [2.75, 3.05) is 30.0 Å². The van der Waals surface area contributed by atoms with Crippen LogP contribution < -0.4 is 10.6 Å².